The van der Waals surface area contributed by atoms with Crippen LogP contribution in [0.4, 0.5) is 0 Å². The summed E-state index contributed by atoms with van der Waals surface area (Å²) in [6.45, 7) is 23.0. The van der Waals surface area contributed by atoms with Crippen LogP contribution in [-0.4, -0.2) is 73.2 Å². The summed E-state index contributed by atoms with van der Waals surface area (Å²) in [6, 6.07) is 72.3. The summed E-state index contributed by atoms with van der Waals surface area (Å²) in [5, 5.41) is 38.4. The van der Waals surface area contributed by atoms with Crippen LogP contribution in [0.3, 0.4) is 0 Å². The molecule has 0 aliphatic heterocycles. The summed E-state index contributed by atoms with van der Waals surface area (Å²) in [4.78, 5) is 62.6. The Hall–Kier alpha value is -8.85. The van der Waals surface area contributed by atoms with Crippen LogP contribution in [0, 0.1) is 45.9 Å². The second-order valence-corrected chi connectivity index (χ2v) is 33.5. The average molecular weight is 2370 g/mol. The number of allylic oxidation sites excluding steroid dienone is 6. The quantitative estimate of drug-likeness (QED) is 0.0305. The summed E-state index contributed by atoms with van der Waals surface area (Å²) in [7, 11) is 2.14. The van der Waals surface area contributed by atoms with Crippen LogP contribution in [0.2, 0.25) is 0 Å². The van der Waals surface area contributed by atoms with Crippen molar-refractivity contribution >= 4 is 67.0 Å². The van der Waals surface area contributed by atoms with Crippen LogP contribution in [-0.2, 0) is 115 Å². The van der Waals surface area contributed by atoms with Crippen molar-refractivity contribution in [3.63, 3.8) is 0 Å². The Morgan fingerprint density at radius 1 is 0.496 bits per heavy atom. The van der Waals surface area contributed by atoms with Gasteiger partial charge in [0.1, 0.15) is 17.2 Å². The van der Waals surface area contributed by atoms with Gasteiger partial charge in [0, 0.05) is 135 Å². The number of nitrogens with zero attached hydrogens (tertiary/aromatic N) is 6. The molecule has 123 heavy (non-hydrogen) atoms. The topological polar surface area (TPSA) is 232 Å². The molecule has 4 fully saturated rings. The zero-order valence-electron chi connectivity index (χ0n) is 73.4. The van der Waals surface area contributed by atoms with E-state index in [1.54, 1.807) is 12.1 Å². The number of carboxylic acids is 1. The molecule has 12 aromatic rings. The fourth-order valence-corrected chi connectivity index (χ4v) is 17.1. The summed E-state index contributed by atoms with van der Waals surface area (Å²) < 4.78 is 8.17. The van der Waals surface area contributed by atoms with Crippen molar-refractivity contribution in [3.8, 4) is 34.1 Å². The first-order chi connectivity index (χ1) is 57.0. The number of rotatable bonds is 16. The van der Waals surface area contributed by atoms with Gasteiger partial charge in [-0.15, -0.1) is 137 Å². The molecule has 4 aliphatic rings. The third-order valence-corrected chi connectivity index (χ3v) is 24.1. The Kier molecular flexibility index (Phi) is 43.4. The second kappa shape index (κ2) is 50.9. The molecule has 5 aromatic heterocycles. The summed E-state index contributed by atoms with van der Waals surface area (Å²) in [6.07, 6.45) is 35.8. The van der Waals surface area contributed by atoms with Crippen LogP contribution in [0.25, 0.3) is 77.8 Å². The van der Waals surface area contributed by atoms with E-state index in [1.165, 1.54) is 233 Å². The monoisotopic (exact) mass is 2370 g/mol. The Morgan fingerprint density at radius 2 is 1.03 bits per heavy atom. The summed E-state index contributed by atoms with van der Waals surface area (Å²) in [5.41, 5.74) is 15.6. The first kappa shape index (κ1) is 105. The minimum Gasteiger partial charge on any atom is -0.512 e. The van der Waals surface area contributed by atoms with E-state index in [0.717, 1.165) is 62.1 Å². The SMILES string of the molecule is CC(=O)C=C(C)O.CC(=O)C=C(C)O.CC(=O)C=C(C)O.CC(c1cc[c-]c(-c2nc3ccccc3o2)c1)C1(C)CCCCC1.CC(c1ccnc2c1ccc1ccc[c-]c12)C1(C)CCCC1.CC1(Cc2cc(-c3[c-]cccc3)nc3ccccc23)CCCC1.CCC1(Cc2cnc(-c3[c-]cccc3)n2C)CCCC1.O=C(O)c1ccccn1.[Ir].[Ir].[Ir].[Ir]. The number of hydrogen-bond acceptors (Lipinski definition) is 13. The number of carbonyl (C=O) groups excluding carboxylic acids is 3. The van der Waals surface area contributed by atoms with Crippen LogP contribution < -0.4 is 0 Å². The Bertz CT molecular complexity index is 5300. The van der Waals surface area contributed by atoms with Gasteiger partial charge in [0.25, 0.3) is 0 Å². The number of ketones is 3. The van der Waals surface area contributed by atoms with E-state index in [0.29, 0.717) is 39.4 Å². The molecular weight excluding hydrogens is 2250 g/mol. The molecule has 0 amide bonds. The van der Waals surface area contributed by atoms with Gasteiger partial charge in [0.2, 0.25) is 0 Å². The number of aliphatic hydroxyl groups excluding tert-OH is 3. The zero-order valence-corrected chi connectivity index (χ0v) is 82.9. The van der Waals surface area contributed by atoms with Crippen LogP contribution in [0.1, 0.15) is 243 Å². The smallest absolute Gasteiger partial charge is 0.354 e. The van der Waals surface area contributed by atoms with E-state index in [2.05, 4.69) is 188 Å². The van der Waals surface area contributed by atoms with Crippen molar-refractivity contribution in [1.29, 1.82) is 0 Å². The number of oxazole rings is 1. The van der Waals surface area contributed by atoms with Crippen LogP contribution >= 0.6 is 0 Å². The van der Waals surface area contributed by atoms with Crippen molar-refractivity contribution in [2.24, 2.45) is 28.7 Å². The number of aromatic nitrogens is 6. The zero-order chi connectivity index (χ0) is 85.7. The van der Waals surface area contributed by atoms with Gasteiger partial charge in [-0.2, -0.15) is 0 Å². The van der Waals surface area contributed by atoms with E-state index in [4.69, 9.17) is 29.8 Å². The molecule has 4 aliphatic carbocycles. The minimum absolute atomic E-state index is 0. The molecule has 0 saturated heterocycles. The predicted octanol–water partition coefficient (Wildman–Crippen LogP) is 26.3. The van der Waals surface area contributed by atoms with E-state index in [9.17, 15) is 19.2 Å². The molecule has 4 saturated carbocycles. The number of aliphatic hydroxyl groups is 3. The largest absolute Gasteiger partial charge is 0.512 e. The molecule has 2 atom stereocenters. The van der Waals surface area contributed by atoms with E-state index < -0.39 is 5.97 Å². The van der Waals surface area contributed by atoms with Gasteiger partial charge in [-0.25, -0.2) is 9.78 Å². The summed E-state index contributed by atoms with van der Waals surface area (Å²) >= 11 is 0. The van der Waals surface area contributed by atoms with E-state index in [1.807, 2.05) is 79.0 Å². The molecule has 660 valence electrons. The van der Waals surface area contributed by atoms with E-state index in [-0.39, 0.29) is 121 Å². The molecule has 0 bridgehead atoms. The third kappa shape index (κ3) is 31.1. The van der Waals surface area contributed by atoms with E-state index >= 15 is 0 Å². The fourth-order valence-electron chi connectivity index (χ4n) is 17.1. The number of carbonyl (C=O) groups is 4. The first-order valence-corrected chi connectivity index (χ1v) is 42.2. The molecule has 16 rings (SSSR count). The van der Waals surface area contributed by atoms with Crippen molar-refractivity contribution in [2.45, 2.75) is 223 Å². The van der Waals surface area contributed by atoms with Gasteiger partial charge >= 0.3 is 5.97 Å². The van der Waals surface area contributed by atoms with Crippen LogP contribution in [0.15, 0.2) is 234 Å². The normalized spacial score (nSPS) is 15.6. The predicted molar refractivity (Wildman–Crippen MR) is 482 cm³/mol. The Balaban J connectivity index is 0.000000260. The van der Waals surface area contributed by atoms with Gasteiger partial charge in [-0.05, 0) is 203 Å². The van der Waals surface area contributed by atoms with Gasteiger partial charge in [0.15, 0.2) is 17.3 Å². The number of fused-ring (bicyclic) bond motifs is 5. The maximum atomic E-state index is 10.1. The van der Waals surface area contributed by atoms with Crippen LogP contribution in [0.5, 0.6) is 0 Å². The standard InChI is InChI=1S/C22H24NO.C22H22N.C21H22N.C18H23N2.C6H5NO2.3C5H8O2.4Ir/c1-16(22(2)13-6-3-7-14-22)17-9-8-10-18(15-17)21-23-19-11-4-5-12-20(19)24-21;1-22(13-7-8-14-22)16-18-15-21(17-9-3-2-4-10-17)23-20-12-6-5-11-19(18)20;1-15(21(2)12-5-6-13-21)17-11-14-22-20-18-8-4-3-7-16(18)9-10-19(17)20;1-3-18(11-7-8-12-18)13-16-14-19-17(20(16)2)15-9-5-4-6-10-15;8-6(9)5-3-1-2-4-7-5;3*1-4(6)3-5(2)7;;;;/h4-5,8-9,11-12,15-16H,3,6-7,13-14H2,1-2H3;2-6,9,11-12,15H,7-8,13-14,16H2,1H3;3-4,7,9-11,14-15H,5-6,12-13H2,1-2H3;4-6,9,14H,3,7-8,11-13H2,1-2H3;1-4H,(H,8,9);3*3,6H,1-2H3;;;;/q4*-1;;;;;;;;. The number of benzene rings is 7. The van der Waals surface area contributed by atoms with Gasteiger partial charge in [0.05, 0.1) is 34.1 Å². The molecule has 15 nitrogen and oxygen atoms in total. The first-order valence-electron chi connectivity index (χ1n) is 42.2. The summed E-state index contributed by atoms with van der Waals surface area (Å²) in [5.74, 6) is 1.63. The minimum atomic E-state index is -0.990. The number of aromatic carboxylic acids is 1. The fraction of sp³-hybridized carbons (Fsp3) is 0.375. The second-order valence-electron chi connectivity index (χ2n) is 33.5. The Labute approximate surface area is 782 Å². The van der Waals surface area contributed by atoms with Gasteiger partial charge < -0.3 is 34.4 Å². The number of para-hydroxylation sites is 3. The molecule has 7 aromatic carbocycles. The third-order valence-electron chi connectivity index (χ3n) is 24.1. The maximum absolute atomic E-state index is 10.1. The van der Waals surface area contributed by atoms with Crippen molar-refractivity contribution in [2.75, 3.05) is 0 Å². The van der Waals surface area contributed by atoms with Gasteiger partial charge in [-0.1, -0.05) is 166 Å². The number of carboxylic acid groups (broad SMARTS) is 1. The Morgan fingerprint density at radius 3 is 1.58 bits per heavy atom. The molecule has 0 spiro atoms. The van der Waals surface area contributed by atoms with Crippen molar-refractivity contribution in [3.05, 3.63) is 282 Å². The number of hydrogen-bond donors (Lipinski definition) is 4. The number of pyridine rings is 3. The molecule has 4 N–H and O–H groups in total. The van der Waals surface area contributed by atoms with Crippen molar-refractivity contribution in [1.82, 2.24) is 29.5 Å². The molecule has 5 heterocycles. The van der Waals surface area contributed by atoms with Crippen molar-refractivity contribution < 1.29 is 124 Å². The maximum Gasteiger partial charge on any atom is 0.354 e. The molecule has 19 heteroatoms. The van der Waals surface area contributed by atoms with Gasteiger partial charge in [-0.3, -0.25) is 29.3 Å². The number of imidazole rings is 1. The molecular formula is C104H120Ir4N6O9-4. The molecule has 2 unspecified atom stereocenters. The molecule has 4 radical (unpaired) electrons. The average Bonchev–Trinajstić information content (AvgIpc) is 1.14.